The molecule has 0 unspecified atom stereocenters. The molecule has 1 N–H and O–H groups in total. The Hall–Kier alpha value is -2.48. The van der Waals surface area contributed by atoms with E-state index >= 15 is 0 Å². The third-order valence-electron chi connectivity index (χ3n) is 4.58. The molecule has 2 amide bonds. The minimum absolute atomic E-state index is 0.0914. The van der Waals surface area contributed by atoms with Crippen molar-refractivity contribution in [3.8, 4) is 11.5 Å². The molecule has 1 atom stereocenters. The minimum atomic E-state index is -0.299. The average molecular weight is 363 g/mol. The summed E-state index contributed by atoms with van der Waals surface area (Å²) in [4.78, 5) is 28.0. The Bertz CT molecular complexity index is 658. The van der Waals surface area contributed by atoms with E-state index in [1.165, 1.54) is 0 Å². The van der Waals surface area contributed by atoms with E-state index in [0.717, 1.165) is 0 Å². The summed E-state index contributed by atoms with van der Waals surface area (Å²) in [5, 5.41) is 2.92. The minimum Gasteiger partial charge on any atom is -0.486 e. The molecule has 2 aliphatic heterocycles. The molecule has 0 aromatic heterocycles. The molecule has 0 saturated carbocycles. The lowest BCUT2D eigenvalue weighted by atomic mass is 10.2. The molecule has 0 spiro atoms. The Morgan fingerprint density at radius 3 is 2.54 bits per heavy atom. The number of nitrogens with one attached hydrogen (secondary N) is 1. The molecule has 0 bridgehead atoms. The molecule has 8 nitrogen and oxygen atoms in total. The van der Waals surface area contributed by atoms with Gasteiger partial charge in [-0.25, -0.2) is 4.79 Å². The molecule has 2 heterocycles. The first-order valence-corrected chi connectivity index (χ1v) is 8.94. The van der Waals surface area contributed by atoms with E-state index in [1.54, 1.807) is 30.0 Å². The van der Waals surface area contributed by atoms with E-state index in [4.69, 9.17) is 14.2 Å². The van der Waals surface area contributed by atoms with Crippen LogP contribution >= 0.6 is 0 Å². The molecule has 1 aromatic carbocycles. The number of nitrogens with zero attached hydrogens (tertiary/aromatic N) is 2. The van der Waals surface area contributed by atoms with Crippen LogP contribution < -0.4 is 14.8 Å². The standard InChI is InChI=1S/C18H25N3O5/c1-3-24-18(23)21-8-6-20(7-9-21)13(2)17(22)19-14-4-5-15-16(12-14)26-11-10-25-15/h4-5,12-13H,3,6-11H2,1-2H3,(H,19,22)/t13-/m0/s1. The summed E-state index contributed by atoms with van der Waals surface area (Å²) in [6.07, 6.45) is -0.291. The maximum absolute atomic E-state index is 12.6. The maximum Gasteiger partial charge on any atom is 0.409 e. The highest BCUT2D eigenvalue weighted by molar-refractivity contribution is 5.94. The van der Waals surface area contributed by atoms with Crippen molar-refractivity contribution in [2.24, 2.45) is 0 Å². The number of anilines is 1. The monoisotopic (exact) mass is 363 g/mol. The number of carbonyl (C=O) groups excluding carboxylic acids is 2. The summed E-state index contributed by atoms with van der Waals surface area (Å²) >= 11 is 0. The Morgan fingerprint density at radius 1 is 1.15 bits per heavy atom. The normalized spacial score (nSPS) is 18.2. The largest absolute Gasteiger partial charge is 0.486 e. The zero-order chi connectivity index (χ0) is 18.5. The van der Waals surface area contributed by atoms with Crippen LogP contribution in [-0.2, 0) is 9.53 Å². The number of hydrogen-bond donors (Lipinski definition) is 1. The van der Waals surface area contributed by atoms with E-state index in [2.05, 4.69) is 10.2 Å². The molecule has 2 aliphatic rings. The van der Waals surface area contributed by atoms with Crippen molar-refractivity contribution >= 4 is 17.7 Å². The second-order valence-corrected chi connectivity index (χ2v) is 6.25. The number of fused-ring (bicyclic) bond motifs is 1. The van der Waals surface area contributed by atoms with Gasteiger partial charge in [0.1, 0.15) is 13.2 Å². The maximum atomic E-state index is 12.6. The molecule has 26 heavy (non-hydrogen) atoms. The fourth-order valence-electron chi connectivity index (χ4n) is 3.04. The zero-order valence-electron chi connectivity index (χ0n) is 15.2. The first-order chi connectivity index (χ1) is 12.6. The van der Waals surface area contributed by atoms with Crippen molar-refractivity contribution in [2.45, 2.75) is 19.9 Å². The summed E-state index contributed by atoms with van der Waals surface area (Å²) in [5.74, 6) is 1.24. The third kappa shape index (κ3) is 4.19. The van der Waals surface area contributed by atoms with E-state index in [-0.39, 0.29) is 18.0 Å². The molecular weight excluding hydrogens is 338 g/mol. The second kappa shape index (κ2) is 8.27. The van der Waals surface area contributed by atoms with Crippen molar-refractivity contribution in [1.82, 2.24) is 9.80 Å². The molecule has 0 radical (unpaired) electrons. The third-order valence-corrected chi connectivity index (χ3v) is 4.58. The van der Waals surface area contributed by atoms with Crippen LogP contribution in [0.4, 0.5) is 10.5 Å². The number of hydrogen-bond acceptors (Lipinski definition) is 6. The van der Waals surface area contributed by atoms with Gasteiger partial charge in [-0.2, -0.15) is 0 Å². The van der Waals surface area contributed by atoms with Gasteiger partial charge in [-0.3, -0.25) is 9.69 Å². The highest BCUT2D eigenvalue weighted by atomic mass is 16.6. The molecule has 0 aliphatic carbocycles. The van der Waals surface area contributed by atoms with Gasteiger partial charge in [-0.1, -0.05) is 0 Å². The van der Waals surface area contributed by atoms with E-state index in [0.29, 0.717) is 63.2 Å². The zero-order valence-corrected chi connectivity index (χ0v) is 15.2. The van der Waals surface area contributed by atoms with Crippen molar-refractivity contribution in [3.05, 3.63) is 18.2 Å². The first-order valence-electron chi connectivity index (χ1n) is 8.94. The number of benzene rings is 1. The second-order valence-electron chi connectivity index (χ2n) is 6.25. The highest BCUT2D eigenvalue weighted by Crippen LogP contribution is 2.32. The number of piperazine rings is 1. The number of carbonyl (C=O) groups is 2. The molecule has 142 valence electrons. The number of ether oxygens (including phenoxy) is 3. The number of amides is 2. The van der Waals surface area contributed by atoms with Crippen LogP contribution in [0.5, 0.6) is 11.5 Å². The van der Waals surface area contributed by atoms with Crippen molar-refractivity contribution in [2.75, 3.05) is 51.3 Å². The van der Waals surface area contributed by atoms with Gasteiger partial charge in [-0.15, -0.1) is 0 Å². The van der Waals surface area contributed by atoms with Crippen LogP contribution in [0.3, 0.4) is 0 Å². The van der Waals surface area contributed by atoms with Gasteiger partial charge in [0.2, 0.25) is 5.91 Å². The van der Waals surface area contributed by atoms with Crippen LogP contribution in [-0.4, -0.2) is 73.8 Å². The Kier molecular flexibility index (Phi) is 5.82. The Morgan fingerprint density at radius 2 is 1.85 bits per heavy atom. The topological polar surface area (TPSA) is 80.3 Å². The first kappa shape index (κ1) is 18.3. The average Bonchev–Trinajstić information content (AvgIpc) is 2.67. The lowest BCUT2D eigenvalue weighted by Crippen LogP contribution is -2.54. The summed E-state index contributed by atoms with van der Waals surface area (Å²) in [6, 6.07) is 5.08. The van der Waals surface area contributed by atoms with Crippen molar-refractivity contribution in [3.63, 3.8) is 0 Å². The van der Waals surface area contributed by atoms with Crippen LogP contribution in [0, 0.1) is 0 Å². The number of rotatable bonds is 4. The van der Waals surface area contributed by atoms with Gasteiger partial charge in [0.25, 0.3) is 0 Å². The molecule has 8 heteroatoms. The van der Waals surface area contributed by atoms with Crippen molar-refractivity contribution < 1.29 is 23.8 Å². The van der Waals surface area contributed by atoms with Crippen molar-refractivity contribution in [1.29, 1.82) is 0 Å². The van der Waals surface area contributed by atoms with Gasteiger partial charge in [0.05, 0.1) is 12.6 Å². The molecule has 3 rings (SSSR count). The van der Waals surface area contributed by atoms with Gasteiger partial charge in [-0.05, 0) is 26.0 Å². The molecule has 1 fully saturated rings. The van der Waals surface area contributed by atoms with E-state index < -0.39 is 0 Å². The molecular formula is C18H25N3O5. The van der Waals surface area contributed by atoms with Crippen LogP contribution in [0.2, 0.25) is 0 Å². The predicted octanol–water partition coefficient (Wildman–Crippen LogP) is 1.56. The van der Waals surface area contributed by atoms with Crippen LogP contribution in [0.25, 0.3) is 0 Å². The van der Waals surface area contributed by atoms with Gasteiger partial charge in [0.15, 0.2) is 11.5 Å². The molecule has 1 saturated heterocycles. The van der Waals surface area contributed by atoms with Crippen LogP contribution in [0.15, 0.2) is 18.2 Å². The molecule has 1 aromatic rings. The fraction of sp³-hybridized carbons (Fsp3) is 0.556. The van der Waals surface area contributed by atoms with Gasteiger partial charge >= 0.3 is 6.09 Å². The summed E-state index contributed by atoms with van der Waals surface area (Å²) < 4.78 is 16.0. The Balaban J connectivity index is 1.53. The lowest BCUT2D eigenvalue weighted by molar-refractivity contribution is -0.121. The lowest BCUT2D eigenvalue weighted by Gasteiger charge is -2.36. The van der Waals surface area contributed by atoms with E-state index in [1.807, 2.05) is 6.92 Å². The fourth-order valence-corrected chi connectivity index (χ4v) is 3.04. The summed E-state index contributed by atoms with van der Waals surface area (Å²) in [5.41, 5.74) is 0.677. The van der Waals surface area contributed by atoms with E-state index in [9.17, 15) is 9.59 Å². The Labute approximate surface area is 153 Å². The van der Waals surface area contributed by atoms with Gasteiger partial charge in [0, 0.05) is 37.9 Å². The highest BCUT2D eigenvalue weighted by Gasteiger charge is 2.28. The summed E-state index contributed by atoms with van der Waals surface area (Å²) in [7, 11) is 0. The van der Waals surface area contributed by atoms with Crippen LogP contribution in [0.1, 0.15) is 13.8 Å². The smallest absolute Gasteiger partial charge is 0.409 e. The quantitative estimate of drug-likeness (QED) is 0.874. The van der Waals surface area contributed by atoms with Gasteiger partial charge < -0.3 is 24.4 Å². The predicted molar refractivity (Wildman–Crippen MR) is 95.7 cm³/mol. The SMILES string of the molecule is CCOC(=O)N1CCN([C@@H](C)C(=O)Nc2ccc3c(c2)OCCO3)CC1. The summed E-state index contributed by atoms with van der Waals surface area (Å²) in [6.45, 7) is 7.45.